The van der Waals surface area contributed by atoms with E-state index in [9.17, 15) is 9.59 Å². The van der Waals surface area contributed by atoms with Crippen LogP contribution in [0.25, 0.3) is 0 Å². The van der Waals surface area contributed by atoms with Crippen molar-refractivity contribution in [2.75, 3.05) is 5.32 Å². The van der Waals surface area contributed by atoms with Gasteiger partial charge in [-0.05, 0) is 44.4 Å². The highest BCUT2D eigenvalue weighted by Crippen LogP contribution is 2.32. The number of nitrogens with one attached hydrogen (secondary N) is 1. The Hall–Kier alpha value is -2.14. The molecule has 2 amide bonds. The van der Waals surface area contributed by atoms with E-state index in [0.29, 0.717) is 10.6 Å². The zero-order chi connectivity index (χ0) is 16.4. The Morgan fingerprint density at radius 3 is 2.45 bits per heavy atom. The number of hydrogen-bond donors (Lipinski definition) is 2. The molecule has 0 bridgehead atoms. The van der Waals surface area contributed by atoms with E-state index in [1.54, 1.807) is 0 Å². The molecule has 1 aromatic carbocycles. The molecule has 0 aliphatic heterocycles. The predicted octanol–water partition coefficient (Wildman–Crippen LogP) is 3.26. The molecule has 2 rings (SSSR count). The Bertz CT molecular complexity index is 747. The molecule has 5 heteroatoms. The van der Waals surface area contributed by atoms with Gasteiger partial charge in [0.15, 0.2) is 0 Å². The Morgan fingerprint density at radius 2 is 1.86 bits per heavy atom. The van der Waals surface area contributed by atoms with E-state index >= 15 is 0 Å². The van der Waals surface area contributed by atoms with Crippen LogP contribution in [0.4, 0.5) is 5.00 Å². The quantitative estimate of drug-likeness (QED) is 0.908. The van der Waals surface area contributed by atoms with E-state index in [1.165, 1.54) is 16.9 Å². The molecule has 0 unspecified atom stereocenters. The summed E-state index contributed by atoms with van der Waals surface area (Å²) >= 11 is 1.38. The zero-order valence-electron chi connectivity index (χ0n) is 13.2. The summed E-state index contributed by atoms with van der Waals surface area (Å²) in [5.74, 6) is -0.653. The van der Waals surface area contributed by atoms with E-state index < -0.39 is 5.91 Å². The van der Waals surface area contributed by atoms with E-state index in [2.05, 4.69) is 11.4 Å². The van der Waals surface area contributed by atoms with Crippen LogP contribution in [0.1, 0.15) is 37.5 Å². The van der Waals surface area contributed by atoms with Crippen molar-refractivity contribution in [2.24, 2.45) is 5.73 Å². The van der Waals surface area contributed by atoms with Crippen LogP contribution in [0.3, 0.4) is 0 Å². The molecule has 0 atom stereocenters. The zero-order valence-corrected chi connectivity index (χ0v) is 14.1. The molecule has 0 radical (unpaired) electrons. The summed E-state index contributed by atoms with van der Waals surface area (Å²) in [6.07, 6.45) is 0.278. The van der Waals surface area contributed by atoms with Gasteiger partial charge in [0.25, 0.3) is 5.91 Å². The van der Waals surface area contributed by atoms with Crippen molar-refractivity contribution in [1.82, 2.24) is 0 Å². The van der Waals surface area contributed by atoms with Crippen molar-refractivity contribution in [3.63, 3.8) is 0 Å². The molecule has 0 fully saturated rings. The molecule has 4 nitrogen and oxygen atoms in total. The highest BCUT2D eigenvalue weighted by molar-refractivity contribution is 7.16. The molecule has 1 aromatic heterocycles. The number of anilines is 1. The molecule has 2 aromatic rings. The van der Waals surface area contributed by atoms with Gasteiger partial charge in [0.1, 0.15) is 5.00 Å². The van der Waals surface area contributed by atoms with Crippen LogP contribution in [-0.2, 0) is 11.2 Å². The Morgan fingerprint density at radius 1 is 1.18 bits per heavy atom. The smallest absolute Gasteiger partial charge is 0.251 e. The molecule has 0 aliphatic rings. The first-order valence-corrected chi connectivity index (χ1v) is 7.87. The summed E-state index contributed by atoms with van der Waals surface area (Å²) in [6.45, 7) is 7.76. The fourth-order valence-corrected chi connectivity index (χ4v) is 3.48. The van der Waals surface area contributed by atoms with Crippen molar-refractivity contribution < 1.29 is 9.59 Å². The number of aryl methyl sites for hydroxylation is 3. The molecule has 0 saturated carbocycles. The van der Waals surface area contributed by atoms with Gasteiger partial charge < -0.3 is 11.1 Å². The van der Waals surface area contributed by atoms with Crippen LogP contribution >= 0.6 is 11.3 Å². The predicted molar refractivity (Wildman–Crippen MR) is 90.6 cm³/mol. The van der Waals surface area contributed by atoms with E-state index in [1.807, 2.05) is 39.8 Å². The molecule has 116 valence electrons. The average Bonchev–Trinajstić information content (AvgIpc) is 2.68. The van der Waals surface area contributed by atoms with Crippen molar-refractivity contribution in [1.29, 1.82) is 0 Å². The number of carbonyl (C=O) groups excluding carboxylic acids is 2. The molecule has 0 spiro atoms. The molecular weight excluding hydrogens is 296 g/mol. The minimum atomic E-state index is -0.510. The Labute approximate surface area is 134 Å². The number of amides is 2. The van der Waals surface area contributed by atoms with Gasteiger partial charge in [-0.25, -0.2) is 0 Å². The number of carbonyl (C=O) groups is 2. The van der Waals surface area contributed by atoms with Crippen LogP contribution < -0.4 is 11.1 Å². The van der Waals surface area contributed by atoms with E-state index in [-0.39, 0.29) is 12.3 Å². The molecular formula is C17H20N2O2S. The van der Waals surface area contributed by atoms with Crippen LogP contribution in [0.15, 0.2) is 18.2 Å². The van der Waals surface area contributed by atoms with Crippen molar-refractivity contribution in [3.05, 3.63) is 50.9 Å². The lowest BCUT2D eigenvalue weighted by molar-refractivity contribution is -0.115. The summed E-state index contributed by atoms with van der Waals surface area (Å²) < 4.78 is 0. The molecule has 0 aliphatic carbocycles. The lowest BCUT2D eigenvalue weighted by Crippen LogP contribution is -2.19. The SMILES string of the molecule is Cc1ccc(CC(=O)Nc2sc(C)c(C)c2C(N)=O)c(C)c1. The number of rotatable bonds is 4. The van der Waals surface area contributed by atoms with Gasteiger partial charge in [-0.15, -0.1) is 11.3 Å². The largest absolute Gasteiger partial charge is 0.365 e. The molecule has 0 saturated heterocycles. The minimum absolute atomic E-state index is 0.143. The van der Waals surface area contributed by atoms with Crippen molar-refractivity contribution in [2.45, 2.75) is 34.1 Å². The van der Waals surface area contributed by atoms with Crippen LogP contribution in [0.5, 0.6) is 0 Å². The van der Waals surface area contributed by atoms with Gasteiger partial charge in [-0.1, -0.05) is 23.8 Å². The standard InChI is InChI=1S/C17H20N2O2S/c1-9-5-6-13(10(2)7-9)8-14(20)19-17-15(16(18)21)11(3)12(4)22-17/h5-7H,8H2,1-4H3,(H2,18,21)(H,19,20). The number of thiophene rings is 1. The first-order chi connectivity index (χ1) is 10.3. The second-order valence-corrected chi connectivity index (χ2v) is 6.73. The first kappa shape index (κ1) is 16.2. The third-order valence-corrected chi connectivity index (χ3v) is 4.86. The van der Waals surface area contributed by atoms with Gasteiger partial charge in [0.2, 0.25) is 5.91 Å². The number of benzene rings is 1. The number of nitrogens with two attached hydrogens (primary N) is 1. The van der Waals surface area contributed by atoms with Gasteiger partial charge in [0, 0.05) is 4.88 Å². The van der Waals surface area contributed by atoms with Crippen LogP contribution in [0.2, 0.25) is 0 Å². The topological polar surface area (TPSA) is 72.2 Å². The molecule has 1 heterocycles. The second kappa shape index (κ2) is 6.32. The van der Waals surface area contributed by atoms with Crippen molar-refractivity contribution in [3.8, 4) is 0 Å². The van der Waals surface area contributed by atoms with Gasteiger partial charge in [-0.2, -0.15) is 0 Å². The van der Waals surface area contributed by atoms with E-state index in [4.69, 9.17) is 5.73 Å². The molecule has 3 N–H and O–H groups in total. The maximum atomic E-state index is 12.3. The monoisotopic (exact) mass is 316 g/mol. The minimum Gasteiger partial charge on any atom is -0.365 e. The van der Waals surface area contributed by atoms with Crippen LogP contribution in [0, 0.1) is 27.7 Å². The fraction of sp³-hybridized carbons (Fsp3) is 0.294. The van der Waals surface area contributed by atoms with Crippen LogP contribution in [-0.4, -0.2) is 11.8 Å². The Balaban J connectivity index is 2.19. The maximum Gasteiger partial charge on any atom is 0.251 e. The average molecular weight is 316 g/mol. The highest BCUT2D eigenvalue weighted by atomic mass is 32.1. The normalized spacial score (nSPS) is 10.5. The maximum absolute atomic E-state index is 12.3. The lowest BCUT2D eigenvalue weighted by atomic mass is 10.0. The summed E-state index contributed by atoms with van der Waals surface area (Å²) in [6, 6.07) is 6.00. The Kier molecular flexibility index (Phi) is 4.66. The second-order valence-electron chi connectivity index (χ2n) is 5.51. The third kappa shape index (κ3) is 3.36. The summed E-state index contributed by atoms with van der Waals surface area (Å²) in [5.41, 5.74) is 9.90. The lowest BCUT2D eigenvalue weighted by Gasteiger charge is -2.08. The van der Waals surface area contributed by atoms with Gasteiger partial charge in [0.05, 0.1) is 12.0 Å². The van der Waals surface area contributed by atoms with Crippen molar-refractivity contribution >= 4 is 28.2 Å². The fourth-order valence-electron chi connectivity index (χ4n) is 2.40. The summed E-state index contributed by atoms with van der Waals surface area (Å²) in [4.78, 5) is 24.8. The summed E-state index contributed by atoms with van der Waals surface area (Å²) in [5, 5.41) is 3.36. The number of hydrogen-bond acceptors (Lipinski definition) is 3. The third-order valence-electron chi connectivity index (χ3n) is 3.73. The highest BCUT2D eigenvalue weighted by Gasteiger charge is 2.19. The van der Waals surface area contributed by atoms with Gasteiger partial charge >= 0.3 is 0 Å². The van der Waals surface area contributed by atoms with Gasteiger partial charge in [-0.3, -0.25) is 9.59 Å². The number of primary amides is 1. The molecule has 22 heavy (non-hydrogen) atoms. The summed E-state index contributed by atoms with van der Waals surface area (Å²) in [7, 11) is 0. The first-order valence-electron chi connectivity index (χ1n) is 7.05. The van der Waals surface area contributed by atoms with E-state index in [0.717, 1.165) is 21.6 Å².